The standard InChI is InChI=1S/C20H15F2N3OS/c1-12-2-7-17(22)16(10-12)18-19(23-14-5-3-13(21)4-6-14)25-15(8-9-26)11-27-20(25)24-18/h2-7,9-11,23H,8H2,1H3. The Bertz CT molecular complexity index is 1130. The lowest BCUT2D eigenvalue weighted by Gasteiger charge is -2.10. The molecule has 2 aromatic carbocycles. The Kier molecular flexibility index (Phi) is 4.45. The maximum absolute atomic E-state index is 14.5. The first-order valence-electron chi connectivity index (χ1n) is 8.28. The van der Waals surface area contributed by atoms with Crippen LogP contribution in [0.15, 0.2) is 47.8 Å². The van der Waals surface area contributed by atoms with E-state index in [2.05, 4.69) is 10.3 Å². The molecule has 2 heterocycles. The molecule has 1 N–H and O–H groups in total. The highest BCUT2D eigenvalue weighted by Gasteiger charge is 2.20. The molecule has 4 rings (SSSR count). The van der Waals surface area contributed by atoms with E-state index in [0.717, 1.165) is 17.5 Å². The molecule has 27 heavy (non-hydrogen) atoms. The number of halogens is 2. The van der Waals surface area contributed by atoms with Crippen molar-refractivity contribution in [2.75, 3.05) is 5.32 Å². The van der Waals surface area contributed by atoms with Crippen LogP contribution >= 0.6 is 11.3 Å². The number of fused-ring (bicyclic) bond motifs is 1. The number of rotatable bonds is 5. The summed E-state index contributed by atoms with van der Waals surface area (Å²) in [5.74, 6) is -0.189. The number of benzene rings is 2. The SMILES string of the molecule is Cc1ccc(F)c(-c2nc3scc(CC=O)n3c2Nc2ccc(F)cc2)c1. The lowest BCUT2D eigenvalue weighted by atomic mass is 10.1. The number of anilines is 2. The fourth-order valence-corrected chi connectivity index (χ4v) is 3.84. The van der Waals surface area contributed by atoms with Crippen LogP contribution in [0.1, 0.15) is 11.3 Å². The summed E-state index contributed by atoms with van der Waals surface area (Å²) in [5.41, 5.74) is 3.10. The van der Waals surface area contributed by atoms with Crippen molar-refractivity contribution in [3.8, 4) is 11.3 Å². The lowest BCUT2D eigenvalue weighted by Crippen LogP contribution is -2.01. The van der Waals surface area contributed by atoms with Gasteiger partial charge in [-0.1, -0.05) is 11.6 Å². The summed E-state index contributed by atoms with van der Waals surface area (Å²) in [6, 6.07) is 10.7. The summed E-state index contributed by atoms with van der Waals surface area (Å²) in [5, 5.41) is 5.06. The second-order valence-corrected chi connectivity index (χ2v) is 6.98. The van der Waals surface area contributed by atoms with Crippen LogP contribution in [-0.4, -0.2) is 15.7 Å². The summed E-state index contributed by atoms with van der Waals surface area (Å²) in [6.07, 6.45) is 1.03. The molecule has 0 aliphatic rings. The number of nitrogens with one attached hydrogen (secondary N) is 1. The molecule has 0 spiro atoms. The van der Waals surface area contributed by atoms with Gasteiger partial charge in [-0.3, -0.25) is 4.40 Å². The third-order valence-electron chi connectivity index (χ3n) is 4.21. The largest absolute Gasteiger partial charge is 0.339 e. The molecular formula is C20H15F2N3OS. The Morgan fingerprint density at radius 1 is 1.19 bits per heavy atom. The quantitative estimate of drug-likeness (QED) is 0.486. The van der Waals surface area contributed by atoms with E-state index in [9.17, 15) is 13.6 Å². The molecule has 4 aromatic rings. The molecule has 0 bridgehead atoms. The van der Waals surface area contributed by atoms with E-state index in [1.54, 1.807) is 28.7 Å². The monoisotopic (exact) mass is 383 g/mol. The highest BCUT2D eigenvalue weighted by Crippen LogP contribution is 2.36. The fourth-order valence-electron chi connectivity index (χ4n) is 2.94. The molecule has 0 saturated carbocycles. The molecule has 0 saturated heterocycles. The van der Waals surface area contributed by atoms with Crippen molar-refractivity contribution in [1.29, 1.82) is 0 Å². The first-order valence-corrected chi connectivity index (χ1v) is 9.16. The van der Waals surface area contributed by atoms with E-state index in [4.69, 9.17) is 0 Å². The smallest absolute Gasteiger partial charge is 0.196 e. The number of aryl methyl sites for hydroxylation is 1. The summed E-state index contributed by atoms with van der Waals surface area (Å²) in [7, 11) is 0. The second kappa shape index (κ2) is 6.92. The number of carbonyl (C=O) groups excluding carboxylic acids is 1. The normalized spacial score (nSPS) is 11.1. The van der Waals surface area contributed by atoms with Gasteiger partial charge in [0.15, 0.2) is 4.96 Å². The summed E-state index contributed by atoms with van der Waals surface area (Å²) >= 11 is 1.38. The molecule has 0 fully saturated rings. The Labute approximate surface area is 158 Å². The van der Waals surface area contributed by atoms with Gasteiger partial charge in [-0.25, -0.2) is 13.8 Å². The van der Waals surface area contributed by atoms with Crippen LogP contribution in [0.4, 0.5) is 20.3 Å². The Hall–Kier alpha value is -3.06. The van der Waals surface area contributed by atoms with Crippen molar-refractivity contribution >= 4 is 34.1 Å². The molecule has 0 amide bonds. The van der Waals surface area contributed by atoms with Gasteiger partial charge < -0.3 is 10.1 Å². The third-order valence-corrected chi connectivity index (χ3v) is 5.09. The molecule has 0 radical (unpaired) electrons. The van der Waals surface area contributed by atoms with Crippen molar-refractivity contribution in [2.24, 2.45) is 0 Å². The zero-order valence-electron chi connectivity index (χ0n) is 14.4. The van der Waals surface area contributed by atoms with Gasteiger partial charge >= 0.3 is 0 Å². The predicted octanol–water partition coefficient (Wildman–Crippen LogP) is 5.13. The first kappa shape index (κ1) is 17.4. The van der Waals surface area contributed by atoms with Crippen molar-refractivity contribution in [3.05, 3.63) is 70.7 Å². The van der Waals surface area contributed by atoms with Gasteiger partial charge in [0, 0.05) is 28.7 Å². The molecule has 0 unspecified atom stereocenters. The van der Waals surface area contributed by atoms with E-state index in [1.165, 1.54) is 29.5 Å². The Morgan fingerprint density at radius 2 is 1.96 bits per heavy atom. The van der Waals surface area contributed by atoms with E-state index in [0.29, 0.717) is 27.7 Å². The van der Waals surface area contributed by atoms with Crippen LogP contribution < -0.4 is 5.32 Å². The molecule has 4 nitrogen and oxygen atoms in total. The number of hydrogen-bond donors (Lipinski definition) is 1. The van der Waals surface area contributed by atoms with Crippen molar-refractivity contribution in [1.82, 2.24) is 9.38 Å². The summed E-state index contributed by atoms with van der Waals surface area (Å²) in [6.45, 7) is 1.88. The molecule has 0 atom stereocenters. The van der Waals surface area contributed by atoms with Crippen molar-refractivity contribution < 1.29 is 13.6 Å². The van der Waals surface area contributed by atoms with E-state index in [-0.39, 0.29) is 18.1 Å². The number of thiazole rings is 1. The first-order chi connectivity index (χ1) is 13.1. The van der Waals surface area contributed by atoms with Crippen LogP contribution in [0.25, 0.3) is 16.2 Å². The van der Waals surface area contributed by atoms with Gasteiger partial charge in [-0.2, -0.15) is 0 Å². The molecule has 0 aliphatic carbocycles. The third kappa shape index (κ3) is 3.21. The number of aromatic nitrogens is 2. The number of imidazole rings is 1. The lowest BCUT2D eigenvalue weighted by molar-refractivity contribution is -0.107. The number of carbonyl (C=O) groups is 1. The van der Waals surface area contributed by atoms with Crippen LogP contribution in [0.3, 0.4) is 0 Å². The molecule has 7 heteroatoms. The maximum Gasteiger partial charge on any atom is 0.196 e. The van der Waals surface area contributed by atoms with Crippen molar-refractivity contribution in [3.63, 3.8) is 0 Å². The van der Waals surface area contributed by atoms with Crippen LogP contribution in [-0.2, 0) is 11.2 Å². The van der Waals surface area contributed by atoms with Gasteiger partial charge in [-0.05, 0) is 43.3 Å². The van der Waals surface area contributed by atoms with Gasteiger partial charge in [-0.15, -0.1) is 11.3 Å². The zero-order valence-corrected chi connectivity index (χ0v) is 15.2. The number of hydrogen-bond acceptors (Lipinski definition) is 4. The number of aldehydes is 1. The highest BCUT2D eigenvalue weighted by molar-refractivity contribution is 7.15. The van der Waals surface area contributed by atoms with Crippen LogP contribution in [0, 0.1) is 18.6 Å². The van der Waals surface area contributed by atoms with E-state index < -0.39 is 0 Å². The van der Waals surface area contributed by atoms with Gasteiger partial charge in [0.2, 0.25) is 0 Å². The maximum atomic E-state index is 14.5. The Morgan fingerprint density at radius 3 is 2.70 bits per heavy atom. The molecule has 136 valence electrons. The molecule has 0 aliphatic heterocycles. The second-order valence-electron chi connectivity index (χ2n) is 6.14. The zero-order chi connectivity index (χ0) is 19.0. The average Bonchev–Trinajstić information content (AvgIpc) is 3.20. The summed E-state index contributed by atoms with van der Waals surface area (Å²) < 4.78 is 29.6. The number of nitrogens with zero attached hydrogens (tertiary/aromatic N) is 2. The average molecular weight is 383 g/mol. The van der Waals surface area contributed by atoms with E-state index in [1.807, 2.05) is 12.3 Å². The van der Waals surface area contributed by atoms with Gasteiger partial charge in [0.05, 0.1) is 0 Å². The van der Waals surface area contributed by atoms with Crippen molar-refractivity contribution in [2.45, 2.75) is 13.3 Å². The van der Waals surface area contributed by atoms with E-state index >= 15 is 0 Å². The highest BCUT2D eigenvalue weighted by atomic mass is 32.1. The molecular weight excluding hydrogens is 368 g/mol. The minimum atomic E-state index is -0.384. The minimum absolute atomic E-state index is 0.212. The van der Waals surface area contributed by atoms with Crippen LogP contribution in [0.2, 0.25) is 0 Å². The Balaban J connectivity index is 1.93. The van der Waals surface area contributed by atoms with Gasteiger partial charge in [0.25, 0.3) is 0 Å². The summed E-state index contributed by atoms with van der Waals surface area (Å²) in [4.78, 5) is 16.3. The van der Waals surface area contributed by atoms with Gasteiger partial charge in [0.1, 0.15) is 29.4 Å². The topological polar surface area (TPSA) is 46.4 Å². The minimum Gasteiger partial charge on any atom is -0.339 e. The molecule has 2 aromatic heterocycles. The van der Waals surface area contributed by atoms with Crippen LogP contribution in [0.5, 0.6) is 0 Å². The predicted molar refractivity (Wildman–Crippen MR) is 103 cm³/mol. The fraction of sp³-hybridized carbons (Fsp3) is 0.100.